The lowest BCUT2D eigenvalue weighted by Crippen LogP contribution is -2.33. The summed E-state index contributed by atoms with van der Waals surface area (Å²) in [6, 6.07) is 3.89. The second-order valence-electron chi connectivity index (χ2n) is 7.06. The van der Waals surface area contributed by atoms with Gasteiger partial charge in [0.15, 0.2) is 0 Å². The first-order valence-electron chi connectivity index (χ1n) is 8.68. The summed E-state index contributed by atoms with van der Waals surface area (Å²) in [5.74, 6) is 1.04. The van der Waals surface area contributed by atoms with Crippen LogP contribution in [0.2, 0.25) is 0 Å². The first kappa shape index (κ1) is 17.7. The largest absolute Gasteiger partial charge is 0.433 e. The van der Waals surface area contributed by atoms with Gasteiger partial charge >= 0.3 is 6.18 Å². The van der Waals surface area contributed by atoms with Crippen LogP contribution in [0, 0.1) is 18.8 Å². The topological polar surface area (TPSA) is 62.2 Å². The molecule has 0 bridgehead atoms. The summed E-state index contributed by atoms with van der Waals surface area (Å²) < 4.78 is 37.8. The van der Waals surface area contributed by atoms with Crippen molar-refractivity contribution in [3.63, 3.8) is 0 Å². The van der Waals surface area contributed by atoms with Crippen LogP contribution in [-0.2, 0) is 6.18 Å². The van der Waals surface area contributed by atoms with E-state index in [9.17, 15) is 18.0 Å². The van der Waals surface area contributed by atoms with Crippen molar-refractivity contribution in [2.45, 2.75) is 13.1 Å². The van der Waals surface area contributed by atoms with Gasteiger partial charge in [-0.2, -0.15) is 13.2 Å². The third kappa shape index (κ3) is 3.45. The number of aromatic nitrogens is 3. The van der Waals surface area contributed by atoms with Crippen LogP contribution in [0.5, 0.6) is 0 Å². The highest BCUT2D eigenvalue weighted by molar-refractivity contribution is 5.94. The van der Waals surface area contributed by atoms with Crippen LogP contribution in [-0.4, -0.2) is 51.9 Å². The van der Waals surface area contributed by atoms with E-state index in [1.54, 1.807) is 11.1 Å². The Balaban J connectivity index is 1.40. The minimum atomic E-state index is -4.51. The zero-order chi connectivity index (χ0) is 19.2. The van der Waals surface area contributed by atoms with E-state index in [4.69, 9.17) is 0 Å². The second-order valence-corrected chi connectivity index (χ2v) is 7.06. The van der Waals surface area contributed by atoms with Crippen molar-refractivity contribution < 1.29 is 18.0 Å². The quantitative estimate of drug-likeness (QED) is 0.804. The number of likely N-dealkylation sites (tertiary alicyclic amines) is 1. The van der Waals surface area contributed by atoms with E-state index in [-0.39, 0.29) is 11.5 Å². The molecule has 6 nitrogen and oxygen atoms in total. The highest BCUT2D eigenvalue weighted by Gasteiger charge is 2.42. The minimum Gasteiger partial charge on any atom is -0.340 e. The van der Waals surface area contributed by atoms with Gasteiger partial charge in [-0.3, -0.25) is 9.78 Å². The van der Waals surface area contributed by atoms with Crippen molar-refractivity contribution in [1.82, 2.24) is 19.9 Å². The summed E-state index contributed by atoms with van der Waals surface area (Å²) >= 11 is 0. The Labute approximate surface area is 154 Å². The Morgan fingerprint density at radius 2 is 1.78 bits per heavy atom. The molecule has 142 valence electrons. The summed E-state index contributed by atoms with van der Waals surface area (Å²) in [4.78, 5) is 28.6. The molecule has 0 radical (unpaired) electrons. The number of anilines is 1. The molecule has 2 fully saturated rings. The van der Waals surface area contributed by atoms with Crippen molar-refractivity contribution in [3.8, 4) is 0 Å². The van der Waals surface area contributed by atoms with E-state index in [1.807, 2.05) is 13.0 Å². The van der Waals surface area contributed by atoms with Crippen LogP contribution in [0.15, 0.2) is 30.6 Å². The number of rotatable bonds is 2. The third-order valence-corrected chi connectivity index (χ3v) is 5.14. The predicted octanol–water partition coefficient (Wildman–Crippen LogP) is 2.41. The minimum absolute atomic E-state index is 0.182. The van der Waals surface area contributed by atoms with Gasteiger partial charge in [-0.15, -0.1) is 0 Å². The van der Waals surface area contributed by atoms with Gasteiger partial charge in [0.25, 0.3) is 5.91 Å². The van der Waals surface area contributed by atoms with Crippen LogP contribution >= 0.6 is 0 Å². The highest BCUT2D eigenvalue weighted by Crippen LogP contribution is 2.33. The van der Waals surface area contributed by atoms with Gasteiger partial charge in [0.05, 0.1) is 5.56 Å². The molecule has 2 aromatic heterocycles. The number of hydrogen-bond donors (Lipinski definition) is 0. The van der Waals surface area contributed by atoms with Crippen molar-refractivity contribution in [2.24, 2.45) is 11.8 Å². The maximum Gasteiger partial charge on any atom is 0.433 e. The molecule has 1 amide bonds. The van der Waals surface area contributed by atoms with Gasteiger partial charge in [0, 0.05) is 56.1 Å². The van der Waals surface area contributed by atoms with E-state index >= 15 is 0 Å². The Hall–Kier alpha value is -2.71. The highest BCUT2D eigenvalue weighted by atomic mass is 19.4. The van der Waals surface area contributed by atoms with Crippen molar-refractivity contribution in [3.05, 3.63) is 47.5 Å². The summed E-state index contributed by atoms with van der Waals surface area (Å²) in [5, 5.41) is 0. The smallest absolute Gasteiger partial charge is 0.340 e. The molecule has 27 heavy (non-hydrogen) atoms. The lowest BCUT2D eigenvalue weighted by atomic mass is 10.0. The lowest BCUT2D eigenvalue weighted by molar-refractivity contribution is -0.141. The van der Waals surface area contributed by atoms with Crippen LogP contribution < -0.4 is 4.90 Å². The Kier molecular flexibility index (Phi) is 4.24. The van der Waals surface area contributed by atoms with Gasteiger partial charge in [0.1, 0.15) is 5.69 Å². The average Bonchev–Trinajstić information content (AvgIpc) is 3.19. The SMILES string of the molecule is Cc1ccnc(N2CC3CN(C(=O)c4ccc(C(F)(F)F)nc4)CC3C2)n1. The maximum absolute atomic E-state index is 12.6. The zero-order valence-electron chi connectivity index (χ0n) is 14.6. The number of carbonyl (C=O) groups excluding carboxylic acids is 1. The number of halogens is 3. The molecule has 2 aromatic rings. The molecule has 4 rings (SSSR count). The molecule has 2 aliphatic rings. The second kappa shape index (κ2) is 6.47. The van der Waals surface area contributed by atoms with E-state index in [2.05, 4.69) is 19.9 Å². The summed E-state index contributed by atoms with van der Waals surface area (Å²) in [6.07, 6.45) is -1.76. The molecule has 2 atom stereocenters. The number of hydrogen-bond acceptors (Lipinski definition) is 5. The maximum atomic E-state index is 12.6. The number of alkyl halides is 3. The monoisotopic (exact) mass is 377 g/mol. The van der Waals surface area contributed by atoms with Gasteiger partial charge in [-0.05, 0) is 25.1 Å². The Morgan fingerprint density at radius 3 is 2.33 bits per heavy atom. The molecule has 9 heteroatoms. The molecule has 4 heterocycles. The first-order valence-corrected chi connectivity index (χ1v) is 8.68. The molecule has 0 N–H and O–H groups in total. The van der Waals surface area contributed by atoms with E-state index in [0.29, 0.717) is 30.9 Å². The van der Waals surface area contributed by atoms with E-state index in [0.717, 1.165) is 31.0 Å². The van der Waals surface area contributed by atoms with Crippen molar-refractivity contribution in [2.75, 3.05) is 31.1 Å². The van der Waals surface area contributed by atoms with E-state index < -0.39 is 11.9 Å². The molecule has 0 aliphatic carbocycles. The fourth-order valence-corrected chi connectivity index (χ4v) is 3.78. The average molecular weight is 377 g/mol. The molecular weight excluding hydrogens is 359 g/mol. The van der Waals surface area contributed by atoms with E-state index in [1.165, 1.54) is 6.07 Å². The number of carbonyl (C=O) groups is 1. The van der Waals surface area contributed by atoms with Gasteiger partial charge < -0.3 is 9.80 Å². The number of nitrogens with zero attached hydrogens (tertiary/aromatic N) is 5. The summed E-state index contributed by atoms with van der Waals surface area (Å²) in [5.41, 5.74) is 0.0941. The van der Waals surface area contributed by atoms with Gasteiger partial charge in [-0.1, -0.05) is 0 Å². The number of pyridine rings is 1. The van der Waals surface area contributed by atoms with Crippen LogP contribution in [0.25, 0.3) is 0 Å². The molecular formula is C18H18F3N5O. The van der Waals surface area contributed by atoms with Crippen LogP contribution in [0.4, 0.5) is 19.1 Å². The van der Waals surface area contributed by atoms with Crippen LogP contribution in [0.3, 0.4) is 0 Å². The Bertz CT molecular complexity index is 841. The molecule has 2 aliphatic heterocycles. The normalized spacial score (nSPS) is 22.2. The molecule has 0 spiro atoms. The fraction of sp³-hybridized carbons (Fsp3) is 0.444. The van der Waals surface area contributed by atoms with Gasteiger partial charge in [0.2, 0.25) is 5.95 Å². The molecule has 2 unspecified atom stereocenters. The van der Waals surface area contributed by atoms with Crippen molar-refractivity contribution in [1.29, 1.82) is 0 Å². The van der Waals surface area contributed by atoms with Crippen molar-refractivity contribution >= 4 is 11.9 Å². The third-order valence-electron chi connectivity index (χ3n) is 5.14. The number of aryl methyl sites for hydroxylation is 1. The standard InChI is InChI=1S/C18H18F3N5O/c1-11-4-5-22-17(24-11)26-9-13-7-25(8-14(13)10-26)16(27)12-2-3-15(23-6-12)18(19,20)21/h2-6,13-14H,7-10H2,1H3. The molecule has 0 aromatic carbocycles. The lowest BCUT2D eigenvalue weighted by Gasteiger charge is -2.22. The summed E-state index contributed by atoms with van der Waals surface area (Å²) in [7, 11) is 0. The molecule has 2 saturated heterocycles. The predicted molar refractivity (Wildman–Crippen MR) is 91.1 cm³/mol. The summed E-state index contributed by atoms with van der Waals surface area (Å²) in [6.45, 7) is 4.60. The zero-order valence-corrected chi connectivity index (χ0v) is 14.6. The Morgan fingerprint density at radius 1 is 1.07 bits per heavy atom. The number of amides is 1. The number of fused-ring (bicyclic) bond motifs is 1. The van der Waals surface area contributed by atoms with Crippen LogP contribution in [0.1, 0.15) is 21.7 Å². The first-order chi connectivity index (χ1) is 12.8. The van der Waals surface area contributed by atoms with Gasteiger partial charge in [-0.25, -0.2) is 9.97 Å². The molecule has 0 saturated carbocycles. The fourth-order valence-electron chi connectivity index (χ4n) is 3.78.